The minimum atomic E-state index is -0.428. The molecule has 0 aromatic heterocycles. The Balaban J connectivity index is 0.000000982. The average molecular weight is 267 g/mol. The molecule has 1 aromatic rings. The zero-order valence-electron chi connectivity index (χ0n) is 11.1. The van der Waals surface area contributed by atoms with Crippen molar-refractivity contribution in [3.05, 3.63) is 29.8 Å². The van der Waals surface area contributed by atoms with E-state index in [0.717, 1.165) is 0 Å². The molecule has 1 N–H and O–H groups in total. The summed E-state index contributed by atoms with van der Waals surface area (Å²) in [7, 11) is 1.65. The van der Waals surface area contributed by atoms with Crippen molar-refractivity contribution < 1.29 is 24.2 Å². The molecule has 0 aliphatic rings. The zero-order valence-corrected chi connectivity index (χ0v) is 11.1. The summed E-state index contributed by atoms with van der Waals surface area (Å²) in [6, 6.07) is 6.58. The van der Waals surface area contributed by atoms with Crippen molar-refractivity contribution >= 4 is 18.3 Å². The van der Waals surface area contributed by atoms with Gasteiger partial charge in [0.05, 0.1) is 0 Å². The highest BCUT2D eigenvalue weighted by Crippen LogP contribution is 2.14. The molecule has 6 nitrogen and oxygen atoms in total. The lowest BCUT2D eigenvalue weighted by molar-refractivity contribution is -0.122. The summed E-state index contributed by atoms with van der Waals surface area (Å²) in [6.45, 7) is 3.65. The molecule has 0 unspecified atom stereocenters. The second kappa shape index (κ2) is 8.68. The van der Waals surface area contributed by atoms with E-state index in [-0.39, 0.29) is 12.3 Å². The predicted molar refractivity (Wildman–Crippen MR) is 69.5 cm³/mol. The van der Waals surface area contributed by atoms with Crippen molar-refractivity contribution in [3.8, 4) is 5.75 Å². The van der Waals surface area contributed by atoms with Crippen LogP contribution >= 0.6 is 0 Å². The molecule has 0 atom stereocenters. The van der Waals surface area contributed by atoms with Crippen LogP contribution < -0.4 is 4.74 Å². The average Bonchev–Trinajstić information content (AvgIpc) is 2.38. The molecular weight excluding hydrogens is 250 g/mol. The van der Waals surface area contributed by atoms with Gasteiger partial charge in [0.2, 0.25) is 0 Å². The number of ether oxygens (including phenoxy) is 1. The van der Waals surface area contributed by atoms with Crippen molar-refractivity contribution in [2.75, 3.05) is 13.6 Å². The second-order valence-corrected chi connectivity index (χ2v) is 3.57. The van der Waals surface area contributed by atoms with E-state index in [2.05, 4.69) is 0 Å². The van der Waals surface area contributed by atoms with E-state index in [1.165, 1.54) is 11.8 Å². The van der Waals surface area contributed by atoms with E-state index in [9.17, 15) is 9.59 Å². The number of nitrogens with zero attached hydrogens (tertiary/aromatic N) is 1. The number of ketones is 1. The van der Waals surface area contributed by atoms with Gasteiger partial charge in [0.15, 0.2) is 5.78 Å². The standard InChI is InChI=1S/C12H15NO3.CH2O2/c1-4-13(3)12(15)16-11-7-5-6-10(8-11)9(2)14;2-1-3/h5-8H,4H2,1-3H3;1H,(H,2,3). The number of rotatable bonds is 3. The zero-order chi connectivity index (χ0) is 14.8. The van der Waals surface area contributed by atoms with Gasteiger partial charge in [-0.15, -0.1) is 0 Å². The van der Waals surface area contributed by atoms with Crippen LogP contribution in [0.3, 0.4) is 0 Å². The van der Waals surface area contributed by atoms with Gasteiger partial charge in [-0.2, -0.15) is 0 Å². The largest absolute Gasteiger partial charge is 0.483 e. The van der Waals surface area contributed by atoms with Crippen molar-refractivity contribution in [2.24, 2.45) is 0 Å². The van der Waals surface area contributed by atoms with Crippen molar-refractivity contribution in [2.45, 2.75) is 13.8 Å². The lowest BCUT2D eigenvalue weighted by Gasteiger charge is -2.14. The van der Waals surface area contributed by atoms with Gasteiger partial charge in [-0.3, -0.25) is 9.59 Å². The Labute approximate surface area is 111 Å². The number of benzene rings is 1. The summed E-state index contributed by atoms with van der Waals surface area (Å²) >= 11 is 0. The van der Waals surface area contributed by atoms with Gasteiger partial charge in [-0.1, -0.05) is 12.1 Å². The Bertz CT molecular complexity index is 444. The van der Waals surface area contributed by atoms with Crippen molar-refractivity contribution in [1.82, 2.24) is 4.90 Å². The fourth-order valence-corrected chi connectivity index (χ4v) is 1.09. The first-order valence-electron chi connectivity index (χ1n) is 5.58. The van der Waals surface area contributed by atoms with Crippen molar-refractivity contribution in [1.29, 1.82) is 0 Å². The van der Waals surface area contributed by atoms with Crippen LogP contribution in [0.1, 0.15) is 24.2 Å². The number of hydrogen-bond acceptors (Lipinski definition) is 4. The maximum Gasteiger partial charge on any atom is 0.414 e. The minimum absolute atomic E-state index is 0.0539. The van der Waals surface area contributed by atoms with E-state index >= 15 is 0 Å². The molecule has 0 saturated heterocycles. The maximum absolute atomic E-state index is 11.4. The molecule has 0 aliphatic carbocycles. The third-order valence-electron chi connectivity index (χ3n) is 2.23. The predicted octanol–water partition coefficient (Wildman–Crippen LogP) is 2.04. The molecule has 0 fully saturated rings. The lowest BCUT2D eigenvalue weighted by atomic mass is 10.1. The van der Waals surface area contributed by atoms with Crippen LogP contribution in [0, 0.1) is 0 Å². The Morgan fingerprint density at radius 2 is 2.00 bits per heavy atom. The summed E-state index contributed by atoms with van der Waals surface area (Å²) in [5.74, 6) is 0.333. The summed E-state index contributed by atoms with van der Waals surface area (Å²) < 4.78 is 5.09. The molecular formula is C13H17NO5. The van der Waals surface area contributed by atoms with E-state index in [4.69, 9.17) is 14.6 Å². The summed E-state index contributed by atoms with van der Waals surface area (Å²) in [4.78, 5) is 32.4. The van der Waals surface area contributed by atoms with Crippen LogP contribution in [-0.2, 0) is 4.79 Å². The third kappa shape index (κ3) is 6.21. The monoisotopic (exact) mass is 267 g/mol. The number of amides is 1. The van der Waals surface area contributed by atoms with E-state index in [1.807, 2.05) is 6.92 Å². The van der Waals surface area contributed by atoms with E-state index in [0.29, 0.717) is 17.9 Å². The smallest absolute Gasteiger partial charge is 0.414 e. The van der Waals surface area contributed by atoms with Gasteiger partial charge in [-0.05, 0) is 26.0 Å². The first-order valence-corrected chi connectivity index (χ1v) is 5.58. The van der Waals surface area contributed by atoms with Gasteiger partial charge in [0, 0.05) is 19.2 Å². The van der Waals surface area contributed by atoms with Gasteiger partial charge in [-0.25, -0.2) is 4.79 Å². The first-order chi connectivity index (χ1) is 8.96. The quantitative estimate of drug-likeness (QED) is 0.669. The Morgan fingerprint density at radius 1 is 1.42 bits per heavy atom. The number of Topliss-reactive ketones (excluding diaryl/α,β-unsaturated/α-hetero) is 1. The normalized spacial score (nSPS) is 8.79. The molecule has 0 saturated carbocycles. The van der Waals surface area contributed by atoms with Crippen molar-refractivity contribution in [3.63, 3.8) is 0 Å². The fourth-order valence-electron chi connectivity index (χ4n) is 1.09. The molecule has 1 rings (SSSR count). The van der Waals surface area contributed by atoms with Gasteiger partial charge >= 0.3 is 6.09 Å². The van der Waals surface area contributed by atoms with Crippen LogP contribution in [0.2, 0.25) is 0 Å². The van der Waals surface area contributed by atoms with Gasteiger partial charge in [0.1, 0.15) is 5.75 Å². The van der Waals surface area contributed by atoms with Crippen LogP contribution in [0.25, 0.3) is 0 Å². The van der Waals surface area contributed by atoms with Crippen LogP contribution in [0.15, 0.2) is 24.3 Å². The Morgan fingerprint density at radius 3 is 2.47 bits per heavy atom. The number of carboxylic acid groups (broad SMARTS) is 1. The molecule has 0 heterocycles. The summed E-state index contributed by atoms with van der Waals surface area (Å²) in [5, 5.41) is 6.89. The summed E-state index contributed by atoms with van der Waals surface area (Å²) in [5.41, 5.74) is 0.532. The molecule has 0 radical (unpaired) electrons. The molecule has 104 valence electrons. The molecule has 0 spiro atoms. The first kappa shape index (κ1) is 16.6. The number of carbonyl (C=O) groups is 3. The van der Waals surface area contributed by atoms with Crippen LogP contribution in [0.5, 0.6) is 5.75 Å². The topological polar surface area (TPSA) is 83.9 Å². The highest BCUT2D eigenvalue weighted by Gasteiger charge is 2.09. The van der Waals surface area contributed by atoms with Crippen LogP contribution in [0.4, 0.5) is 4.79 Å². The molecule has 19 heavy (non-hydrogen) atoms. The number of hydrogen-bond donors (Lipinski definition) is 1. The second-order valence-electron chi connectivity index (χ2n) is 3.57. The van der Waals surface area contributed by atoms with Crippen LogP contribution in [-0.4, -0.2) is 41.9 Å². The maximum atomic E-state index is 11.4. The third-order valence-corrected chi connectivity index (χ3v) is 2.23. The molecule has 1 amide bonds. The number of carbonyl (C=O) groups excluding carboxylic acids is 2. The Hall–Kier alpha value is -2.37. The van der Waals surface area contributed by atoms with E-state index in [1.54, 1.807) is 31.3 Å². The SMILES string of the molecule is CCN(C)C(=O)Oc1cccc(C(C)=O)c1.O=CO. The Kier molecular flexibility index (Phi) is 7.60. The fraction of sp³-hybridized carbons (Fsp3) is 0.308. The van der Waals surface area contributed by atoms with E-state index < -0.39 is 6.09 Å². The molecule has 0 aliphatic heterocycles. The lowest BCUT2D eigenvalue weighted by Crippen LogP contribution is -2.29. The molecule has 0 bridgehead atoms. The highest BCUT2D eigenvalue weighted by molar-refractivity contribution is 5.94. The highest BCUT2D eigenvalue weighted by atomic mass is 16.6. The molecule has 6 heteroatoms. The van der Waals surface area contributed by atoms with Gasteiger partial charge < -0.3 is 14.7 Å². The summed E-state index contributed by atoms with van der Waals surface area (Å²) in [6.07, 6.45) is -0.428. The van der Waals surface area contributed by atoms with Gasteiger partial charge in [0.25, 0.3) is 6.47 Å². The minimum Gasteiger partial charge on any atom is -0.483 e. The molecule has 1 aromatic carbocycles.